The zero-order valence-electron chi connectivity index (χ0n) is 15.1. The van der Waals surface area contributed by atoms with Gasteiger partial charge >= 0.3 is 6.03 Å². The molecule has 0 aliphatic carbocycles. The van der Waals surface area contributed by atoms with Gasteiger partial charge in [0.1, 0.15) is 0 Å². The number of hydrogen-bond acceptors (Lipinski definition) is 3. The second-order valence-corrected chi connectivity index (χ2v) is 7.70. The van der Waals surface area contributed by atoms with E-state index < -0.39 is 0 Å². The summed E-state index contributed by atoms with van der Waals surface area (Å²) in [6.45, 7) is 8.16. The summed E-state index contributed by atoms with van der Waals surface area (Å²) in [5.74, 6) is 0. The van der Waals surface area contributed by atoms with Gasteiger partial charge in [-0.2, -0.15) is 0 Å². The molecule has 1 fully saturated rings. The van der Waals surface area contributed by atoms with Crippen molar-refractivity contribution in [2.75, 3.05) is 25.0 Å². The minimum absolute atomic E-state index is 0.00829. The molecule has 0 atom stereocenters. The Labute approximate surface area is 154 Å². The van der Waals surface area contributed by atoms with Gasteiger partial charge in [0.2, 0.25) is 0 Å². The summed E-state index contributed by atoms with van der Waals surface area (Å²) < 4.78 is 0. The van der Waals surface area contributed by atoms with Gasteiger partial charge in [-0.3, -0.25) is 0 Å². The maximum absolute atomic E-state index is 13.0. The summed E-state index contributed by atoms with van der Waals surface area (Å²) in [5.41, 5.74) is 2.02. The lowest BCUT2D eigenvalue weighted by Crippen LogP contribution is -2.48. The lowest BCUT2D eigenvalue weighted by Gasteiger charge is -2.38. The van der Waals surface area contributed by atoms with Crippen LogP contribution in [0.4, 0.5) is 10.5 Å². The first-order valence-corrected chi connectivity index (χ1v) is 9.92. The van der Waals surface area contributed by atoms with Gasteiger partial charge in [0.05, 0.1) is 6.54 Å². The first kappa shape index (κ1) is 18.0. The average molecular weight is 358 g/mol. The Morgan fingerprint density at radius 2 is 2.08 bits per heavy atom. The highest BCUT2D eigenvalue weighted by atomic mass is 32.1. The second-order valence-electron chi connectivity index (χ2n) is 6.67. The molecule has 2 aromatic rings. The molecule has 1 aliphatic rings. The number of piperidine rings is 1. The van der Waals surface area contributed by atoms with Crippen LogP contribution in [0.25, 0.3) is 0 Å². The largest absolute Gasteiger partial charge is 0.322 e. The van der Waals surface area contributed by atoms with E-state index in [4.69, 9.17) is 0 Å². The number of anilines is 1. The molecular weight excluding hydrogens is 330 g/mol. The molecule has 4 nitrogen and oxygen atoms in total. The lowest BCUT2D eigenvalue weighted by molar-refractivity contribution is 0.127. The van der Waals surface area contributed by atoms with E-state index in [1.807, 2.05) is 36.1 Å². The van der Waals surface area contributed by atoms with E-state index in [-0.39, 0.29) is 6.03 Å². The third kappa shape index (κ3) is 4.83. The van der Waals surface area contributed by atoms with E-state index in [1.54, 1.807) is 11.3 Å². The molecule has 1 saturated heterocycles. The van der Waals surface area contributed by atoms with E-state index in [1.165, 1.54) is 4.88 Å². The normalized spacial score (nSPS) is 15.9. The first-order chi connectivity index (χ1) is 12.2. The number of nitrogens with zero attached hydrogens (tertiary/aromatic N) is 2. The molecule has 0 unspecified atom stereocenters. The van der Waals surface area contributed by atoms with Crippen molar-refractivity contribution in [1.29, 1.82) is 0 Å². The maximum atomic E-state index is 13.0. The van der Waals surface area contributed by atoms with Gasteiger partial charge in [-0.05, 0) is 55.5 Å². The third-order valence-corrected chi connectivity index (χ3v) is 5.74. The van der Waals surface area contributed by atoms with E-state index >= 15 is 0 Å². The van der Waals surface area contributed by atoms with Crippen molar-refractivity contribution < 1.29 is 4.79 Å². The molecular formula is C20H27N3OS. The van der Waals surface area contributed by atoms with Gasteiger partial charge < -0.3 is 15.1 Å². The first-order valence-electron chi connectivity index (χ1n) is 9.04. The van der Waals surface area contributed by atoms with Crippen LogP contribution in [0.2, 0.25) is 0 Å². The Morgan fingerprint density at radius 3 is 2.72 bits per heavy atom. The molecule has 0 radical (unpaired) electrons. The molecule has 5 heteroatoms. The molecule has 25 heavy (non-hydrogen) atoms. The van der Waals surface area contributed by atoms with E-state index in [2.05, 4.69) is 34.7 Å². The SMILES string of the molecule is CCN1CCC(N(Cc2cccs2)C(=O)Nc2cccc(C)c2)CC1. The van der Waals surface area contributed by atoms with Crippen molar-refractivity contribution in [1.82, 2.24) is 9.80 Å². The zero-order chi connectivity index (χ0) is 17.6. The standard InChI is InChI=1S/C20H27N3OS/c1-3-22-11-9-18(10-12-22)23(15-19-8-5-13-25-19)20(24)21-17-7-4-6-16(2)14-17/h4-8,13-14,18H,3,9-12,15H2,1-2H3,(H,21,24). The number of urea groups is 1. The molecule has 1 aliphatic heterocycles. The van der Waals surface area contributed by atoms with Crippen LogP contribution >= 0.6 is 11.3 Å². The van der Waals surface area contributed by atoms with Crippen LogP contribution in [0.5, 0.6) is 0 Å². The summed E-state index contributed by atoms with van der Waals surface area (Å²) in [4.78, 5) is 18.7. The number of benzene rings is 1. The Morgan fingerprint density at radius 1 is 1.28 bits per heavy atom. The number of likely N-dealkylation sites (tertiary alicyclic amines) is 1. The minimum Gasteiger partial charge on any atom is -0.316 e. The van der Waals surface area contributed by atoms with Gasteiger partial charge in [0, 0.05) is 29.7 Å². The number of carbonyl (C=O) groups excluding carboxylic acids is 1. The van der Waals surface area contributed by atoms with Crippen LogP contribution in [-0.4, -0.2) is 41.5 Å². The van der Waals surface area contributed by atoms with Crippen molar-refractivity contribution in [2.45, 2.75) is 39.3 Å². The number of thiophene rings is 1. The van der Waals surface area contributed by atoms with Crippen LogP contribution < -0.4 is 5.32 Å². The molecule has 134 valence electrons. The minimum atomic E-state index is 0.00829. The maximum Gasteiger partial charge on any atom is 0.322 e. The summed E-state index contributed by atoms with van der Waals surface area (Å²) in [7, 11) is 0. The number of amides is 2. The molecule has 2 amide bonds. The number of nitrogens with one attached hydrogen (secondary N) is 1. The molecule has 0 saturated carbocycles. The van der Waals surface area contributed by atoms with Crippen LogP contribution in [0.3, 0.4) is 0 Å². The number of hydrogen-bond donors (Lipinski definition) is 1. The predicted molar refractivity (Wildman–Crippen MR) is 105 cm³/mol. The van der Waals surface area contributed by atoms with E-state index in [9.17, 15) is 4.79 Å². The monoisotopic (exact) mass is 357 g/mol. The molecule has 0 bridgehead atoms. The Hall–Kier alpha value is -1.85. The number of rotatable bonds is 5. The quantitative estimate of drug-likeness (QED) is 0.850. The van der Waals surface area contributed by atoms with Crippen LogP contribution in [0, 0.1) is 6.92 Å². The van der Waals surface area contributed by atoms with Crippen molar-refractivity contribution in [2.24, 2.45) is 0 Å². The lowest BCUT2D eigenvalue weighted by atomic mass is 10.0. The molecule has 3 rings (SSSR count). The van der Waals surface area contributed by atoms with Gasteiger partial charge in [0.25, 0.3) is 0 Å². The van der Waals surface area contributed by atoms with Crippen molar-refractivity contribution in [3.63, 3.8) is 0 Å². The average Bonchev–Trinajstić information content (AvgIpc) is 3.13. The molecule has 0 spiro atoms. The van der Waals surface area contributed by atoms with Crippen molar-refractivity contribution in [3.05, 3.63) is 52.2 Å². The smallest absolute Gasteiger partial charge is 0.316 e. The zero-order valence-corrected chi connectivity index (χ0v) is 15.9. The van der Waals surface area contributed by atoms with Crippen LogP contribution in [0.15, 0.2) is 41.8 Å². The molecule has 1 aromatic heterocycles. The predicted octanol–water partition coefficient (Wildman–Crippen LogP) is 4.57. The van der Waals surface area contributed by atoms with Crippen molar-refractivity contribution >= 4 is 23.1 Å². The van der Waals surface area contributed by atoms with Gasteiger partial charge in [0.15, 0.2) is 0 Å². The Kier molecular flexibility index (Phi) is 6.10. The Bertz CT molecular complexity index is 678. The van der Waals surface area contributed by atoms with Crippen LogP contribution in [-0.2, 0) is 6.54 Å². The number of carbonyl (C=O) groups is 1. The fourth-order valence-electron chi connectivity index (χ4n) is 3.40. The highest BCUT2D eigenvalue weighted by Crippen LogP contribution is 2.22. The Balaban J connectivity index is 1.72. The van der Waals surface area contributed by atoms with E-state index in [0.717, 1.165) is 43.7 Å². The summed E-state index contributed by atoms with van der Waals surface area (Å²) in [6, 6.07) is 12.5. The van der Waals surface area contributed by atoms with Gasteiger partial charge in [-0.15, -0.1) is 11.3 Å². The molecule has 1 aromatic carbocycles. The van der Waals surface area contributed by atoms with Gasteiger partial charge in [-0.1, -0.05) is 25.1 Å². The third-order valence-electron chi connectivity index (χ3n) is 4.88. The fraction of sp³-hybridized carbons (Fsp3) is 0.450. The highest BCUT2D eigenvalue weighted by molar-refractivity contribution is 7.09. The molecule has 2 heterocycles. The number of aryl methyl sites for hydroxylation is 1. The topological polar surface area (TPSA) is 35.6 Å². The van der Waals surface area contributed by atoms with Crippen LogP contribution in [0.1, 0.15) is 30.2 Å². The highest BCUT2D eigenvalue weighted by Gasteiger charge is 2.28. The van der Waals surface area contributed by atoms with Crippen molar-refractivity contribution in [3.8, 4) is 0 Å². The summed E-state index contributed by atoms with van der Waals surface area (Å²) in [6.07, 6.45) is 2.08. The van der Waals surface area contributed by atoms with E-state index in [0.29, 0.717) is 12.6 Å². The summed E-state index contributed by atoms with van der Waals surface area (Å²) >= 11 is 1.71. The van der Waals surface area contributed by atoms with Gasteiger partial charge in [-0.25, -0.2) is 4.79 Å². The molecule has 1 N–H and O–H groups in total. The second kappa shape index (κ2) is 8.50. The fourth-order valence-corrected chi connectivity index (χ4v) is 4.11. The summed E-state index contributed by atoms with van der Waals surface area (Å²) in [5, 5.41) is 5.17.